The van der Waals surface area contributed by atoms with Crippen LogP contribution in [0.1, 0.15) is 15.9 Å². The summed E-state index contributed by atoms with van der Waals surface area (Å²) in [5, 5.41) is 26.9. The minimum atomic E-state index is -1.05. The Kier molecular flexibility index (Phi) is 6.61. The van der Waals surface area contributed by atoms with E-state index in [0.29, 0.717) is 22.8 Å². The molecule has 2 heterocycles. The lowest BCUT2D eigenvalue weighted by Crippen LogP contribution is -2.03. The summed E-state index contributed by atoms with van der Waals surface area (Å²) in [6.45, 7) is 0.513. The summed E-state index contributed by atoms with van der Waals surface area (Å²) in [6, 6.07) is 16.9. The normalized spacial score (nSPS) is 10.9. The molecule has 0 atom stereocenters. The van der Waals surface area contributed by atoms with Gasteiger partial charge in [0.1, 0.15) is 11.5 Å². The molecule has 0 fully saturated rings. The van der Waals surface area contributed by atoms with Gasteiger partial charge in [0.15, 0.2) is 0 Å². The summed E-state index contributed by atoms with van der Waals surface area (Å²) in [5.74, 6) is 0.396. The highest BCUT2D eigenvalue weighted by molar-refractivity contribution is 6.31. The molecule has 2 N–H and O–H groups in total. The van der Waals surface area contributed by atoms with Crippen LogP contribution in [-0.2, 0) is 6.54 Å². The molecule has 0 aliphatic rings. The Hall–Kier alpha value is -4.63. The molecule has 0 amide bonds. The maximum atomic E-state index is 11.3. The lowest BCUT2D eigenvalue weighted by Gasteiger charge is -2.14. The number of carbonyl (C=O) groups is 1. The predicted molar refractivity (Wildman–Crippen MR) is 141 cm³/mol. The Bertz CT molecular complexity index is 1620. The molecular weight excluding hydrogens is 494 g/mol. The zero-order chi connectivity index (χ0) is 25.9. The third kappa shape index (κ3) is 4.89. The Balaban J connectivity index is 1.48. The van der Waals surface area contributed by atoms with E-state index in [1.807, 2.05) is 42.5 Å². The monoisotopic (exact) mass is 515 g/mol. The summed E-state index contributed by atoms with van der Waals surface area (Å²) in [4.78, 5) is 11.3. The van der Waals surface area contributed by atoms with Crippen LogP contribution in [0.2, 0.25) is 5.02 Å². The molecule has 0 saturated heterocycles. The Morgan fingerprint density at radius 1 is 1.05 bits per heavy atom. The van der Waals surface area contributed by atoms with Gasteiger partial charge < -0.3 is 19.9 Å². The molecule has 5 rings (SSSR count). The zero-order valence-electron chi connectivity index (χ0n) is 20.0. The van der Waals surface area contributed by atoms with Crippen molar-refractivity contribution < 1.29 is 19.4 Å². The number of anilines is 1. The molecule has 0 aliphatic carbocycles. The molecule has 0 bridgehead atoms. The smallest absolute Gasteiger partial charge is 0.338 e. The minimum absolute atomic E-state index is 0.0921. The van der Waals surface area contributed by atoms with E-state index < -0.39 is 5.97 Å². The second-order valence-corrected chi connectivity index (χ2v) is 8.60. The van der Waals surface area contributed by atoms with E-state index in [1.165, 1.54) is 17.1 Å². The largest absolute Gasteiger partial charge is 0.497 e. The van der Waals surface area contributed by atoms with E-state index in [4.69, 9.17) is 21.1 Å². The highest BCUT2D eigenvalue weighted by Crippen LogP contribution is 2.33. The fraction of sp³-hybridized carbons (Fsp3) is 0.111. The average molecular weight is 516 g/mol. The van der Waals surface area contributed by atoms with Gasteiger partial charge in [-0.1, -0.05) is 17.7 Å². The van der Waals surface area contributed by atoms with Crippen LogP contribution in [0.4, 0.5) is 5.69 Å². The zero-order valence-corrected chi connectivity index (χ0v) is 20.7. The van der Waals surface area contributed by atoms with Crippen molar-refractivity contribution in [3.63, 3.8) is 0 Å². The summed E-state index contributed by atoms with van der Waals surface area (Å²) in [7, 11) is 3.24. The Morgan fingerprint density at radius 3 is 2.68 bits per heavy atom. The highest BCUT2D eigenvalue weighted by Gasteiger charge is 2.14. The van der Waals surface area contributed by atoms with Crippen LogP contribution in [0.3, 0.4) is 0 Å². The van der Waals surface area contributed by atoms with Gasteiger partial charge in [-0.3, -0.25) is 0 Å². The molecule has 186 valence electrons. The molecule has 2 aromatic heterocycles. The number of aromatic carboxylic acids is 1. The van der Waals surface area contributed by atoms with Gasteiger partial charge in [0.05, 0.1) is 49.1 Å². The number of nitrogens with zero attached hydrogens (tertiary/aromatic N) is 4. The third-order valence-electron chi connectivity index (χ3n) is 5.95. The van der Waals surface area contributed by atoms with Crippen molar-refractivity contribution in [1.82, 2.24) is 20.0 Å². The number of methoxy groups -OCH3 is 2. The Morgan fingerprint density at radius 2 is 1.92 bits per heavy atom. The minimum Gasteiger partial charge on any atom is -0.497 e. The van der Waals surface area contributed by atoms with E-state index >= 15 is 0 Å². The maximum Gasteiger partial charge on any atom is 0.338 e. The SMILES string of the molecule is COc1ccc(CNc2cnnc3cc(-c4cc(Cl)ccc4-n4cc(C(=O)O)cn4)ccc23)c(OC)c1. The number of nitrogens with one attached hydrogen (secondary N) is 1. The van der Waals surface area contributed by atoms with E-state index in [-0.39, 0.29) is 5.56 Å². The molecule has 0 unspecified atom stereocenters. The van der Waals surface area contributed by atoms with Gasteiger partial charge in [-0.25, -0.2) is 9.48 Å². The molecule has 3 aromatic carbocycles. The highest BCUT2D eigenvalue weighted by atomic mass is 35.5. The lowest BCUT2D eigenvalue weighted by molar-refractivity contribution is 0.0697. The molecular formula is C27H22ClN5O4. The second-order valence-electron chi connectivity index (χ2n) is 8.16. The van der Waals surface area contributed by atoms with Gasteiger partial charge in [0.25, 0.3) is 0 Å². The fourth-order valence-corrected chi connectivity index (χ4v) is 4.23. The quantitative estimate of drug-likeness (QED) is 0.280. The third-order valence-corrected chi connectivity index (χ3v) is 6.18. The number of hydrogen-bond acceptors (Lipinski definition) is 7. The molecule has 10 heteroatoms. The number of carboxylic acid groups (broad SMARTS) is 1. The van der Waals surface area contributed by atoms with Crippen molar-refractivity contribution in [2.24, 2.45) is 0 Å². The maximum absolute atomic E-state index is 11.3. The molecule has 0 aliphatic heterocycles. The molecule has 37 heavy (non-hydrogen) atoms. The van der Waals surface area contributed by atoms with Crippen molar-refractivity contribution >= 4 is 34.2 Å². The first-order valence-corrected chi connectivity index (χ1v) is 11.6. The van der Waals surface area contributed by atoms with Crippen LogP contribution in [-0.4, -0.2) is 45.3 Å². The first-order valence-electron chi connectivity index (χ1n) is 11.3. The number of benzene rings is 3. The molecule has 0 spiro atoms. The Labute approximate surface area is 217 Å². The summed E-state index contributed by atoms with van der Waals surface area (Å²) >= 11 is 6.32. The van der Waals surface area contributed by atoms with E-state index in [2.05, 4.69) is 20.6 Å². The van der Waals surface area contributed by atoms with Crippen LogP contribution < -0.4 is 14.8 Å². The van der Waals surface area contributed by atoms with Crippen LogP contribution in [0, 0.1) is 0 Å². The average Bonchev–Trinajstić information content (AvgIpc) is 3.42. The number of rotatable bonds is 8. The topological polar surface area (TPSA) is 111 Å². The molecule has 9 nitrogen and oxygen atoms in total. The molecule has 5 aromatic rings. The van der Waals surface area contributed by atoms with Gasteiger partial charge in [-0.05, 0) is 48.0 Å². The summed E-state index contributed by atoms with van der Waals surface area (Å²) in [5.41, 5.74) is 4.85. The summed E-state index contributed by atoms with van der Waals surface area (Å²) < 4.78 is 12.3. The van der Waals surface area contributed by atoms with Crippen LogP contribution in [0.5, 0.6) is 11.5 Å². The van der Waals surface area contributed by atoms with Crippen LogP contribution >= 0.6 is 11.6 Å². The fourth-order valence-electron chi connectivity index (χ4n) is 4.06. The standard InChI is InChI=1S/C27H22ClN5O4/c1-36-20-6-3-17(26(11-20)37-2)12-29-24-14-30-32-23-9-16(4-7-21(23)24)22-10-19(28)5-8-25(22)33-15-18(13-31-33)27(34)35/h3-11,13-15H,12H2,1-2H3,(H,29,32)(H,34,35). The van der Waals surface area contributed by atoms with Crippen molar-refractivity contribution in [3.05, 3.63) is 89.3 Å². The first kappa shape index (κ1) is 24.1. The summed E-state index contributed by atoms with van der Waals surface area (Å²) in [6.07, 6.45) is 4.45. The van der Waals surface area contributed by atoms with Crippen LogP contribution in [0.15, 0.2) is 73.2 Å². The van der Waals surface area contributed by atoms with Crippen molar-refractivity contribution in [1.29, 1.82) is 0 Å². The van der Waals surface area contributed by atoms with Gasteiger partial charge >= 0.3 is 5.97 Å². The predicted octanol–water partition coefficient (Wildman–Crippen LogP) is 5.46. The van der Waals surface area contributed by atoms with Crippen molar-refractivity contribution in [2.45, 2.75) is 6.54 Å². The van der Waals surface area contributed by atoms with Gasteiger partial charge in [-0.2, -0.15) is 15.3 Å². The first-order chi connectivity index (χ1) is 18.0. The number of aromatic nitrogens is 4. The van der Waals surface area contributed by atoms with Crippen molar-refractivity contribution in [2.75, 3.05) is 19.5 Å². The van der Waals surface area contributed by atoms with Gasteiger partial charge in [0, 0.05) is 40.3 Å². The number of halogens is 1. The molecule has 0 saturated carbocycles. The van der Waals surface area contributed by atoms with Crippen LogP contribution in [0.25, 0.3) is 27.7 Å². The lowest BCUT2D eigenvalue weighted by atomic mass is 10.0. The number of carboxylic acids is 1. The van der Waals surface area contributed by atoms with E-state index in [0.717, 1.165) is 39.3 Å². The van der Waals surface area contributed by atoms with Crippen molar-refractivity contribution in [3.8, 4) is 28.3 Å². The van der Waals surface area contributed by atoms with Gasteiger partial charge in [0.2, 0.25) is 0 Å². The number of fused-ring (bicyclic) bond motifs is 1. The second kappa shape index (κ2) is 10.2. The van der Waals surface area contributed by atoms with E-state index in [9.17, 15) is 9.90 Å². The number of ether oxygens (including phenoxy) is 2. The molecule has 0 radical (unpaired) electrons. The van der Waals surface area contributed by atoms with Gasteiger partial charge in [-0.15, -0.1) is 0 Å². The van der Waals surface area contributed by atoms with E-state index in [1.54, 1.807) is 32.5 Å². The number of hydrogen-bond donors (Lipinski definition) is 2.